The molecule has 0 aromatic carbocycles. The van der Waals surface area contributed by atoms with Crippen LogP contribution in [0, 0.1) is 0 Å². The summed E-state index contributed by atoms with van der Waals surface area (Å²) in [6.07, 6.45) is -0.455. The van der Waals surface area contributed by atoms with E-state index < -0.39 is 12.7 Å². The summed E-state index contributed by atoms with van der Waals surface area (Å²) in [5, 5.41) is 3.41. The van der Waals surface area contributed by atoms with Gasteiger partial charge in [0, 0.05) is 38.8 Å². The molecule has 0 radical (unpaired) electrons. The van der Waals surface area contributed by atoms with E-state index >= 15 is 0 Å². The topological polar surface area (TPSA) is 18.5 Å². The normalized spacial score (nSPS) is 29.2. The van der Waals surface area contributed by atoms with Gasteiger partial charge in [-0.3, -0.25) is 9.80 Å². The average molecular weight is 265 g/mol. The van der Waals surface area contributed by atoms with Crippen LogP contribution in [0.1, 0.15) is 19.3 Å². The maximum absolute atomic E-state index is 12.3. The summed E-state index contributed by atoms with van der Waals surface area (Å²) in [6.45, 7) is 3.91. The highest BCUT2D eigenvalue weighted by Gasteiger charge is 2.33. The van der Waals surface area contributed by atoms with E-state index in [4.69, 9.17) is 0 Å². The van der Waals surface area contributed by atoms with Crippen molar-refractivity contribution in [1.29, 1.82) is 0 Å². The number of rotatable bonds is 2. The van der Waals surface area contributed by atoms with Gasteiger partial charge in [-0.15, -0.1) is 0 Å². The highest BCUT2D eigenvalue weighted by atomic mass is 19.4. The second-order valence-corrected chi connectivity index (χ2v) is 5.28. The van der Waals surface area contributed by atoms with Crippen LogP contribution in [0.15, 0.2) is 0 Å². The fourth-order valence-corrected chi connectivity index (χ4v) is 2.85. The molecule has 3 nitrogen and oxygen atoms in total. The molecule has 2 aliphatic heterocycles. The lowest BCUT2D eigenvalue weighted by Gasteiger charge is -2.39. The van der Waals surface area contributed by atoms with E-state index in [9.17, 15) is 13.2 Å². The Morgan fingerprint density at radius 2 is 1.78 bits per heavy atom. The number of nitrogens with zero attached hydrogens (tertiary/aromatic N) is 2. The molecule has 0 spiro atoms. The van der Waals surface area contributed by atoms with Crippen LogP contribution in [0.2, 0.25) is 0 Å². The summed E-state index contributed by atoms with van der Waals surface area (Å²) in [5.74, 6) is 0. The Balaban J connectivity index is 1.75. The average Bonchev–Trinajstić information content (AvgIpc) is 2.56. The van der Waals surface area contributed by atoms with E-state index in [1.165, 1.54) is 24.2 Å². The molecule has 2 saturated heterocycles. The number of piperazine rings is 1. The molecule has 0 saturated carbocycles. The highest BCUT2D eigenvalue weighted by Crippen LogP contribution is 2.19. The van der Waals surface area contributed by atoms with Gasteiger partial charge >= 0.3 is 6.18 Å². The van der Waals surface area contributed by atoms with Crippen molar-refractivity contribution in [2.75, 3.05) is 45.8 Å². The molecule has 18 heavy (non-hydrogen) atoms. The highest BCUT2D eigenvalue weighted by molar-refractivity contribution is 4.82. The molecule has 2 fully saturated rings. The summed E-state index contributed by atoms with van der Waals surface area (Å²) in [6, 6.07) is 0.514. The molecule has 2 aliphatic rings. The number of hydrogen-bond donors (Lipinski definition) is 1. The lowest BCUT2D eigenvalue weighted by molar-refractivity contribution is -0.149. The third-order valence-electron chi connectivity index (χ3n) is 3.85. The molecule has 0 bridgehead atoms. The number of halogens is 3. The molecule has 1 N–H and O–H groups in total. The van der Waals surface area contributed by atoms with Gasteiger partial charge in [0.1, 0.15) is 0 Å². The van der Waals surface area contributed by atoms with Gasteiger partial charge in [0.25, 0.3) is 0 Å². The Bertz CT molecular complexity index is 241. The summed E-state index contributed by atoms with van der Waals surface area (Å²) < 4.78 is 36.8. The van der Waals surface area contributed by atoms with E-state index in [-0.39, 0.29) is 0 Å². The lowest BCUT2D eigenvalue weighted by atomic mass is 10.1. The molecule has 0 aromatic rings. The van der Waals surface area contributed by atoms with E-state index in [2.05, 4.69) is 10.2 Å². The van der Waals surface area contributed by atoms with Crippen LogP contribution in [0.5, 0.6) is 0 Å². The molecule has 2 rings (SSSR count). The van der Waals surface area contributed by atoms with E-state index in [0.29, 0.717) is 19.1 Å². The van der Waals surface area contributed by atoms with Gasteiger partial charge in [-0.05, 0) is 19.4 Å². The van der Waals surface area contributed by atoms with Crippen molar-refractivity contribution in [3.05, 3.63) is 0 Å². The Kier molecular flexibility index (Phi) is 4.86. The van der Waals surface area contributed by atoms with Gasteiger partial charge in [0.2, 0.25) is 0 Å². The minimum absolute atomic E-state index is 0.514. The van der Waals surface area contributed by atoms with Crippen LogP contribution in [0.4, 0.5) is 13.2 Å². The molecule has 0 aliphatic carbocycles. The fraction of sp³-hybridized carbons (Fsp3) is 1.00. The van der Waals surface area contributed by atoms with E-state index in [1.54, 1.807) is 0 Å². The minimum atomic E-state index is -4.06. The molecule has 2 heterocycles. The molecule has 1 atom stereocenters. The first-order valence-electron chi connectivity index (χ1n) is 6.78. The third kappa shape index (κ3) is 4.40. The van der Waals surface area contributed by atoms with Crippen LogP contribution in [0.25, 0.3) is 0 Å². The van der Waals surface area contributed by atoms with Gasteiger partial charge in [0.05, 0.1) is 6.54 Å². The monoisotopic (exact) mass is 265 g/mol. The summed E-state index contributed by atoms with van der Waals surface area (Å²) in [4.78, 5) is 3.87. The van der Waals surface area contributed by atoms with Gasteiger partial charge in [-0.25, -0.2) is 0 Å². The van der Waals surface area contributed by atoms with Crippen molar-refractivity contribution >= 4 is 0 Å². The Morgan fingerprint density at radius 3 is 2.44 bits per heavy atom. The third-order valence-corrected chi connectivity index (χ3v) is 3.85. The minimum Gasteiger partial charge on any atom is -0.315 e. The summed E-state index contributed by atoms with van der Waals surface area (Å²) >= 11 is 0. The first-order chi connectivity index (χ1) is 8.54. The van der Waals surface area contributed by atoms with E-state index in [0.717, 1.165) is 26.2 Å². The zero-order chi connectivity index (χ0) is 13.0. The Labute approximate surface area is 106 Å². The van der Waals surface area contributed by atoms with Crippen molar-refractivity contribution < 1.29 is 13.2 Å². The quantitative estimate of drug-likeness (QED) is 0.812. The Hall–Kier alpha value is -0.330. The summed E-state index contributed by atoms with van der Waals surface area (Å²) in [5.41, 5.74) is 0. The molecule has 1 unspecified atom stereocenters. The number of nitrogens with one attached hydrogen (secondary N) is 1. The van der Waals surface area contributed by atoms with Crippen molar-refractivity contribution in [3.63, 3.8) is 0 Å². The standard InChI is InChI=1S/C12H22F3N3/c13-12(14,15)10-17-5-7-18(8-6-17)11-3-1-2-4-16-9-11/h11,16H,1-10H2. The second-order valence-electron chi connectivity index (χ2n) is 5.28. The predicted octanol–water partition coefficient (Wildman–Crippen LogP) is 1.31. The maximum atomic E-state index is 12.3. The van der Waals surface area contributed by atoms with Crippen molar-refractivity contribution in [1.82, 2.24) is 15.1 Å². The molecule has 6 heteroatoms. The van der Waals surface area contributed by atoms with Crippen LogP contribution < -0.4 is 5.32 Å². The van der Waals surface area contributed by atoms with Crippen LogP contribution in [-0.4, -0.2) is 67.8 Å². The molecule has 0 amide bonds. The smallest absolute Gasteiger partial charge is 0.315 e. The SMILES string of the molecule is FC(F)(F)CN1CCN(C2CCCCNC2)CC1. The van der Waals surface area contributed by atoms with E-state index in [1.807, 2.05) is 0 Å². The summed E-state index contributed by atoms with van der Waals surface area (Å²) in [7, 11) is 0. The molecule has 106 valence electrons. The fourth-order valence-electron chi connectivity index (χ4n) is 2.85. The largest absolute Gasteiger partial charge is 0.401 e. The second kappa shape index (κ2) is 6.21. The molecule has 0 aromatic heterocycles. The van der Waals surface area contributed by atoms with Crippen LogP contribution in [-0.2, 0) is 0 Å². The Morgan fingerprint density at radius 1 is 1.06 bits per heavy atom. The van der Waals surface area contributed by atoms with Crippen LogP contribution >= 0.6 is 0 Å². The first kappa shape index (κ1) is 14.1. The van der Waals surface area contributed by atoms with Gasteiger partial charge in [-0.2, -0.15) is 13.2 Å². The predicted molar refractivity (Wildman–Crippen MR) is 64.6 cm³/mol. The molecular formula is C12H22F3N3. The van der Waals surface area contributed by atoms with Crippen LogP contribution in [0.3, 0.4) is 0 Å². The molecular weight excluding hydrogens is 243 g/mol. The number of alkyl halides is 3. The van der Waals surface area contributed by atoms with Crippen molar-refractivity contribution in [2.24, 2.45) is 0 Å². The van der Waals surface area contributed by atoms with Gasteiger partial charge in [0.15, 0.2) is 0 Å². The zero-order valence-corrected chi connectivity index (χ0v) is 10.7. The van der Waals surface area contributed by atoms with Crippen molar-refractivity contribution in [3.8, 4) is 0 Å². The van der Waals surface area contributed by atoms with Gasteiger partial charge < -0.3 is 5.32 Å². The zero-order valence-electron chi connectivity index (χ0n) is 10.7. The maximum Gasteiger partial charge on any atom is 0.401 e. The van der Waals surface area contributed by atoms with Gasteiger partial charge in [-0.1, -0.05) is 6.42 Å². The number of hydrogen-bond acceptors (Lipinski definition) is 3. The first-order valence-corrected chi connectivity index (χ1v) is 6.78. The lowest BCUT2D eigenvalue weighted by Crippen LogP contribution is -2.53. The van der Waals surface area contributed by atoms with Crippen molar-refractivity contribution in [2.45, 2.75) is 31.5 Å².